The van der Waals surface area contributed by atoms with Crippen LogP contribution < -0.4 is 5.32 Å². The van der Waals surface area contributed by atoms with Gasteiger partial charge in [0, 0.05) is 0 Å². The summed E-state index contributed by atoms with van der Waals surface area (Å²) >= 11 is 0. The molecule has 0 heterocycles. The van der Waals surface area contributed by atoms with Gasteiger partial charge < -0.3 is 5.32 Å². The molecule has 13 heavy (non-hydrogen) atoms. The Kier molecular flexibility index (Phi) is 4.79. The first-order chi connectivity index (χ1) is 6.25. The van der Waals surface area contributed by atoms with Crippen LogP contribution in [0, 0.1) is 17.8 Å². The van der Waals surface area contributed by atoms with Crippen molar-refractivity contribution in [2.75, 3.05) is 13.6 Å². The lowest BCUT2D eigenvalue weighted by atomic mass is 9.83. The van der Waals surface area contributed by atoms with Gasteiger partial charge in [0.15, 0.2) is 0 Å². The van der Waals surface area contributed by atoms with Crippen molar-refractivity contribution < 1.29 is 0 Å². The molecule has 0 aromatic heterocycles. The molecule has 1 fully saturated rings. The van der Waals surface area contributed by atoms with Gasteiger partial charge in [-0.15, -0.1) is 0 Å². The molecule has 1 aliphatic rings. The highest BCUT2D eigenvalue weighted by Crippen LogP contribution is 2.39. The van der Waals surface area contributed by atoms with Crippen LogP contribution in [0.3, 0.4) is 0 Å². The first kappa shape index (κ1) is 11.0. The minimum atomic E-state index is 0.905. The van der Waals surface area contributed by atoms with E-state index in [0.717, 1.165) is 17.8 Å². The van der Waals surface area contributed by atoms with E-state index < -0.39 is 0 Å². The van der Waals surface area contributed by atoms with Crippen LogP contribution in [0.25, 0.3) is 0 Å². The van der Waals surface area contributed by atoms with Gasteiger partial charge in [0.2, 0.25) is 0 Å². The summed E-state index contributed by atoms with van der Waals surface area (Å²) in [5.41, 5.74) is 0. The third-order valence-corrected chi connectivity index (χ3v) is 3.58. The molecule has 0 spiro atoms. The Labute approximate surface area is 83.3 Å². The molecule has 1 rings (SSSR count). The number of rotatable bonds is 5. The predicted molar refractivity (Wildman–Crippen MR) is 58.8 cm³/mol. The van der Waals surface area contributed by atoms with E-state index in [1.807, 2.05) is 0 Å². The molecule has 0 aromatic rings. The number of hydrogen-bond donors (Lipinski definition) is 1. The van der Waals surface area contributed by atoms with E-state index in [1.54, 1.807) is 0 Å². The van der Waals surface area contributed by atoms with Crippen LogP contribution in [-0.4, -0.2) is 13.6 Å². The molecule has 1 nitrogen and oxygen atoms in total. The quantitative estimate of drug-likeness (QED) is 0.646. The lowest BCUT2D eigenvalue weighted by Crippen LogP contribution is -2.16. The summed E-state index contributed by atoms with van der Waals surface area (Å²) in [6, 6.07) is 0. The second kappa shape index (κ2) is 5.64. The molecule has 0 radical (unpaired) electrons. The molecule has 78 valence electrons. The molecule has 0 saturated heterocycles. The van der Waals surface area contributed by atoms with Crippen molar-refractivity contribution >= 4 is 0 Å². The van der Waals surface area contributed by atoms with Crippen LogP contribution in [0.1, 0.15) is 46.0 Å². The maximum Gasteiger partial charge on any atom is -0.00518 e. The standard InChI is InChI=1S/C12H25N/c1-10(2)12-8-4-6-11(12)7-5-9-13-3/h10-13H,4-9H2,1-3H3. The number of hydrogen-bond acceptors (Lipinski definition) is 1. The lowest BCUT2D eigenvalue weighted by Gasteiger charge is -2.22. The summed E-state index contributed by atoms with van der Waals surface area (Å²) in [5.74, 6) is 2.97. The van der Waals surface area contributed by atoms with Crippen LogP contribution in [0.2, 0.25) is 0 Å². The monoisotopic (exact) mass is 183 g/mol. The molecule has 1 saturated carbocycles. The van der Waals surface area contributed by atoms with Crippen molar-refractivity contribution in [1.29, 1.82) is 0 Å². The molecular weight excluding hydrogens is 158 g/mol. The second-order valence-electron chi connectivity index (χ2n) is 4.84. The smallest absolute Gasteiger partial charge is 0.00518 e. The highest BCUT2D eigenvalue weighted by atomic mass is 14.8. The Morgan fingerprint density at radius 3 is 2.69 bits per heavy atom. The summed E-state index contributed by atoms with van der Waals surface area (Å²) < 4.78 is 0. The Morgan fingerprint density at radius 1 is 1.31 bits per heavy atom. The molecule has 0 bridgehead atoms. The predicted octanol–water partition coefficient (Wildman–Crippen LogP) is 3.06. The van der Waals surface area contributed by atoms with E-state index in [1.165, 1.54) is 38.6 Å². The van der Waals surface area contributed by atoms with Crippen molar-refractivity contribution in [3.05, 3.63) is 0 Å². The highest BCUT2D eigenvalue weighted by molar-refractivity contribution is 4.79. The summed E-state index contributed by atoms with van der Waals surface area (Å²) in [5, 5.41) is 3.24. The molecule has 0 aliphatic heterocycles. The van der Waals surface area contributed by atoms with E-state index in [4.69, 9.17) is 0 Å². The summed E-state index contributed by atoms with van der Waals surface area (Å²) in [6.45, 7) is 5.98. The van der Waals surface area contributed by atoms with E-state index in [0.29, 0.717) is 0 Å². The average molecular weight is 183 g/mol. The normalized spacial score (nSPS) is 28.6. The topological polar surface area (TPSA) is 12.0 Å². The van der Waals surface area contributed by atoms with Gasteiger partial charge in [-0.2, -0.15) is 0 Å². The molecular formula is C12H25N. The fraction of sp³-hybridized carbons (Fsp3) is 1.00. The van der Waals surface area contributed by atoms with Crippen LogP contribution in [0.5, 0.6) is 0 Å². The minimum absolute atomic E-state index is 0.905. The van der Waals surface area contributed by atoms with E-state index >= 15 is 0 Å². The maximum absolute atomic E-state index is 3.24. The van der Waals surface area contributed by atoms with Crippen LogP contribution in [-0.2, 0) is 0 Å². The van der Waals surface area contributed by atoms with Gasteiger partial charge in [-0.1, -0.05) is 26.7 Å². The van der Waals surface area contributed by atoms with Crippen LogP contribution >= 0.6 is 0 Å². The van der Waals surface area contributed by atoms with Gasteiger partial charge in [-0.25, -0.2) is 0 Å². The van der Waals surface area contributed by atoms with Gasteiger partial charge in [-0.3, -0.25) is 0 Å². The minimum Gasteiger partial charge on any atom is -0.320 e. The summed E-state index contributed by atoms with van der Waals surface area (Å²) in [4.78, 5) is 0. The number of nitrogens with one attached hydrogen (secondary N) is 1. The molecule has 0 aromatic carbocycles. The Morgan fingerprint density at radius 2 is 2.08 bits per heavy atom. The van der Waals surface area contributed by atoms with E-state index in [9.17, 15) is 0 Å². The van der Waals surface area contributed by atoms with Gasteiger partial charge in [-0.05, 0) is 50.6 Å². The molecule has 1 N–H and O–H groups in total. The third-order valence-electron chi connectivity index (χ3n) is 3.58. The zero-order valence-electron chi connectivity index (χ0n) is 9.47. The van der Waals surface area contributed by atoms with E-state index in [-0.39, 0.29) is 0 Å². The molecule has 2 unspecified atom stereocenters. The zero-order valence-corrected chi connectivity index (χ0v) is 9.47. The second-order valence-corrected chi connectivity index (χ2v) is 4.84. The van der Waals surface area contributed by atoms with Gasteiger partial charge in [0.25, 0.3) is 0 Å². The van der Waals surface area contributed by atoms with Gasteiger partial charge >= 0.3 is 0 Å². The molecule has 1 aliphatic carbocycles. The largest absolute Gasteiger partial charge is 0.320 e. The Balaban J connectivity index is 2.23. The Hall–Kier alpha value is -0.0400. The lowest BCUT2D eigenvalue weighted by molar-refractivity contribution is 0.277. The fourth-order valence-corrected chi connectivity index (χ4v) is 2.84. The van der Waals surface area contributed by atoms with Crippen molar-refractivity contribution in [2.45, 2.75) is 46.0 Å². The first-order valence-corrected chi connectivity index (χ1v) is 5.90. The van der Waals surface area contributed by atoms with Crippen molar-refractivity contribution in [3.63, 3.8) is 0 Å². The van der Waals surface area contributed by atoms with Crippen molar-refractivity contribution in [2.24, 2.45) is 17.8 Å². The molecule has 1 heteroatoms. The van der Waals surface area contributed by atoms with Crippen LogP contribution in [0.15, 0.2) is 0 Å². The zero-order chi connectivity index (χ0) is 9.68. The van der Waals surface area contributed by atoms with Crippen molar-refractivity contribution in [3.8, 4) is 0 Å². The first-order valence-electron chi connectivity index (χ1n) is 5.90. The molecule has 2 atom stereocenters. The maximum atomic E-state index is 3.24. The highest BCUT2D eigenvalue weighted by Gasteiger charge is 2.28. The Bertz CT molecular complexity index is 131. The average Bonchev–Trinajstić information content (AvgIpc) is 2.53. The summed E-state index contributed by atoms with van der Waals surface area (Å²) in [6.07, 6.45) is 7.27. The van der Waals surface area contributed by atoms with Crippen molar-refractivity contribution in [1.82, 2.24) is 5.32 Å². The molecule has 0 amide bonds. The van der Waals surface area contributed by atoms with Gasteiger partial charge in [0.1, 0.15) is 0 Å². The van der Waals surface area contributed by atoms with Crippen LogP contribution in [0.4, 0.5) is 0 Å². The summed E-state index contributed by atoms with van der Waals surface area (Å²) in [7, 11) is 2.05. The van der Waals surface area contributed by atoms with Gasteiger partial charge in [0.05, 0.1) is 0 Å². The fourth-order valence-electron chi connectivity index (χ4n) is 2.84. The SMILES string of the molecule is CNCCCC1CCCC1C(C)C. The van der Waals surface area contributed by atoms with E-state index in [2.05, 4.69) is 26.2 Å². The third kappa shape index (κ3) is 3.30.